The van der Waals surface area contributed by atoms with E-state index in [1.807, 2.05) is 6.92 Å². The summed E-state index contributed by atoms with van der Waals surface area (Å²) in [5.74, 6) is -0.473. The summed E-state index contributed by atoms with van der Waals surface area (Å²) in [6.07, 6.45) is 3.21. The molecule has 1 saturated carbocycles. The minimum atomic E-state index is -1.06. The summed E-state index contributed by atoms with van der Waals surface area (Å²) in [7, 11) is 0. The molecular formula is C14H15N3O3. The Bertz CT molecular complexity index is 682. The van der Waals surface area contributed by atoms with Crippen LogP contribution in [0.5, 0.6) is 0 Å². The first-order valence-corrected chi connectivity index (χ1v) is 6.47. The smallest absolute Gasteiger partial charge is 0.354 e. The number of anilines is 1. The topological polar surface area (TPSA) is 95.3 Å². The Kier molecular flexibility index (Phi) is 2.83. The van der Waals surface area contributed by atoms with Gasteiger partial charge in [-0.2, -0.15) is 0 Å². The highest BCUT2D eigenvalue weighted by Crippen LogP contribution is 2.39. The molecule has 3 rings (SSSR count). The van der Waals surface area contributed by atoms with Gasteiger partial charge in [0.1, 0.15) is 11.5 Å². The molecule has 2 aromatic rings. The molecule has 2 aromatic heterocycles. The SMILES string of the molecule is C[C@H](Nc1cc2nc(C(=O)O)ccc2cn1)C1(O)CC1. The van der Waals surface area contributed by atoms with Gasteiger partial charge in [0.2, 0.25) is 0 Å². The average Bonchev–Trinajstić information content (AvgIpc) is 3.17. The number of carbonyl (C=O) groups is 1. The molecule has 1 aliphatic rings. The fourth-order valence-electron chi connectivity index (χ4n) is 2.13. The number of aromatic nitrogens is 2. The second-order valence-electron chi connectivity index (χ2n) is 5.23. The van der Waals surface area contributed by atoms with Crippen molar-refractivity contribution in [2.45, 2.75) is 31.4 Å². The number of nitrogens with one attached hydrogen (secondary N) is 1. The minimum Gasteiger partial charge on any atom is -0.477 e. The average molecular weight is 273 g/mol. The van der Waals surface area contributed by atoms with E-state index in [-0.39, 0.29) is 11.7 Å². The summed E-state index contributed by atoms with van der Waals surface area (Å²) in [4.78, 5) is 19.3. The quantitative estimate of drug-likeness (QED) is 0.784. The lowest BCUT2D eigenvalue weighted by Gasteiger charge is -2.19. The maximum Gasteiger partial charge on any atom is 0.354 e. The molecule has 6 heteroatoms. The van der Waals surface area contributed by atoms with Crippen LogP contribution in [0.15, 0.2) is 24.4 Å². The molecule has 104 valence electrons. The van der Waals surface area contributed by atoms with Crippen LogP contribution in [0.25, 0.3) is 10.9 Å². The Hall–Kier alpha value is -2.21. The van der Waals surface area contributed by atoms with E-state index in [9.17, 15) is 9.90 Å². The number of aliphatic hydroxyl groups is 1. The van der Waals surface area contributed by atoms with E-state index in [1.54, 1.807) is 18.3 Å². The molecule has 0 aromatic carbocycles. The number of carboxylic acids is 1. The highest BCUT2D eigenvalue weighted by Gasteiger charge is 2.45. The Labute approximate surface area is 115 Å². The molecule has 0 spiro atoms. The standard InChI is InChI=1S/C14H15N3O3/c1-8(14(20)4-5-14)16-12-6-11-9(7-15-12)2-3-10(17-11)13(18)19/h2-3,6-8,20H,4-5H2,1H3,(H,15,16)(H,18,19)/t8-/m0/s1. The van der Waals surface area contributed by atoms with Crippen molar-refractivity contribution in [3.63, 3.8) is 0 Å². The van der Waals surface area contributed by atoms with Crippen molar-refractivity contribution in [2.75, 3.05) is 5.32 Å². The number of nitrogens with zero attached hydrogens (tertiary/aromatic N) is 2. The highest BCUT2D eigenvalue weighted by molar-refractivity contribution is 5.90. The zero-order chi connectivity index (χ0) is 14.3. The summed E-state index contributed by atoms with van der Waals surface area (Å²) in [6.45, 7) is 1.90. The Balaban J connectivity index is 1.90. The van der Waals surface area contributed by atoms with Crippen LogP contribution in [0, 0.1) is 0 Å². The van der Waals surface area contributed by atoms with Crippen molar-refractivity contribution in [3.8, 4) is 0 Å². The molecule has 0 aliphatic heterocycles. The van der Waals surface area contributed by atoms with Gasteiger partial charge < -0.3 is 15.5 Å². The summed E-state index contributed by atoms with van der Waals surface area (Å²) in [6, 6.07) is 4.73. The van der Waals surface area contributed by atoms with Gasteiger partial charge in [-0.05, 0) is 31.9 Å². The lowest BCUT2D eigenvalue weighted by atomic mass is 10.1. The van der Waals surface area contributed by atoms with Crippen LogP contribution in [0.3, 0.4) is 0 Å². The number of rotatable bonds is 4. The molecule has 1 atom stereocenters. The van der Waals surface area contributed by atoms with Gasteiger partial charge in [-0.1, -0.05) is 0 Å². The fraction of sp³-hybridized carbons (Fsp3) is 0.357. The molecule has 0 amide bonds. The predicted octanol–water partition coefficient (Wildman–Crippen LogP) is 1.65. The van der Waals surface area contributed by atoms with E-state index in [2.05, 4.69) is 15.3 Å². The van der Waals surface area contributed by atoms with Gasteiger partial charge >= 0.3 is 5.97 Å². The van der Waals surface area contributed by atoms with E-state index in [4.69, 9.17) is 5.11 Å². The van der Waals surface area contributed by atoms with Crippen LogP contribution in [-0.4, -0.2) is 37.8 Å². The number of fused-ring (bicyclic) bond motifs is 1. The minimum absolute atomic E-state index is 0.00326. The number of aromatic carboxylic acids is 1. The monoisotopic (exact) mass is 273 g/mol. The van der Waals surface area contributed by atoms with Crippen LogP contribution in [0.4, 0.5) is 5.82 Å². The van der Waals surface area contributed by atoms with Gasteiger partial charge in [-0.25, -0.2) is 14.8 Å². The molecule has 3 N–H and O–H groups in total. The van der Waals surface area contributed by atoms with Crippen LogP contribution < -0.4 is 5.32 Å². The van der Waals surface area contributed by atoms with Gasteiger partial charge in [0.25, 0.3) is 0 Å². The number of hydrogen-bond acceptors (Lipinski definition) is 5. The van der Waals surface area contributed by atoms with Crippen molar-refractivity contribution in [2.24, 2.45) is 0 Å². The van der Waals surface area contributed by atoms with Gasteiger partial charge in [0.15, 0.2) is 0 Å². The third-order valence-corrected chi connectivity index (χ3v) is 3.73. The van der Waals surface area contributed by atoms with Crippen molar-refractivity contribution in [3.05, 3.63) is 30.1 Å². The van der Waals surface area contributed by atoms with Gasteiger partial charge in [0, 0.05) is 17.6 Å². The van der Waals surface area contributed by atoms with E-state index < -0.39 is 11.6 Å². The van der Waals surface area contributed by atoms with E-state index in [0.29, 0.717) is 11.3 Å². The number of pyridine rings is 2. The van der Waals surface area contributed by atoms with Crippen molar-refractivity contribution in [1.29, 1.82) is 0 Å². The lowest BCUT2D eigenvalue weighted by Crippen LogP contribution is -2.32. The molecule has 0 saturated heterocycles. The molecule has 2 heterocycles. The van der Waals surface area contributed by atoms with Crippen molar-refractivity contribution >= 4 is 22.7 Å². The van der Waals surface area contributed by atoms with Crippen molar-refractivity contribution < 1.29 is 15.0 Å². The lowest BCUT2D eigenvalue weighted by molar-refractivity contribution is 0.0691. The zero-order valence-corrected chi connectivity index (χ0v) is 11.0. The molecule has 1 aliphatic carbocycles. The van der Waals surface area contributed by atoms with E-state index in [1.165, 1.54) is 6.07 Å². The highest BCUT2D eigenvalue weighted by atomic mass is 16.4. The van der Waals surface area contributed by atoms with Gasteiger partial charge in [-0.15, -0.1) is 0 Å². The van der Waals surface area contributed by atoms with Gasteiger partial charge in [-0.3, -0.25) is 0 Å². The third kappa shape index (κ3) is 2.30. The van der Waals surface area contributed by atoms with E-state index in [0.717, 1.165) is 18.2 Å². The molecule has 1 fully saturated rings. The fourth-order valence-corrected chi connectivity index (χ4v) is 2.13. The Morgan fingerprint density at radius 1 is 1.45 bits per heavy atom. The second kappa shape index (κ2) is 4.42. The summed E-state index contributed by atoms with van der Waals surface area (Å²) < 4.78 is 0. The molecular weight excluding hydrogens is 258 g/mol. The second-order valence-corrected chi connectivity index (χ2v) is 5.23. The summed E-state index contributed by atoms with van der Waals surface area (Å²) in [5.41, 5.74) is -0.0756. The van der Waals surface area contributed by atoms with Gasteiger partial charge in [0.05, 0.1) is 17.2 Å². The first-order chi connectivity index (χ1) is 9.48. The van der Waals surface area contributed by atoms with Crippen LogP contribution >= 0.6 is 0 Å². The van der Waals surface area contributed by atoms with Crippen molar-refractivity contribution in [1.82, 2.24) is 9.97 Å². The van der Waals surface area contributed by atoms with Crippen LogP contribution in [0.2, 0.25) is 0 Å². The molecule has 0 unspecified atom stereocenters. The Morgan fingerprint density at radius 3 is 2.85 bits per heavy atom. The van der Waals surface area contributed by atoms with E-state index >= 15 is 0 Å². The summed E-state index contributed by atoms with van der Waals surface area (Å²) >= 11 is 0. The molecule has 0 radical (unpaired) electrons. The maximum atomic E-state index is 10.9. The summed E-state index contributed by atoms with van der Waals surface area (Å²) in [5, 5.41) is 22.9. The largest absolute Gasteiger partial charge is 0.477 e. The first-order valence-electron chi connectivity index (χ1n) is 6.47. The molecule has 6 nitrogen and oxygen atoms in total. The predicted molar refractivity (Wildman–Crippen MR) is 73.8 cm³/mol. The number of carboxylic acid groups (broad SMARTS) is 1. The van der Waals surface area contributed by atoms with Crippen LogP contribution in [0.1, 0.15) is 30.3 Å². The zero-order valence-electron chi connectivity index (χ0n) is 11.0. The molecule has 0 bridgehead atoms. The molecule has 20 heavy (non-hydrogen) atoms. The number of hydrogen-bond donors (Lipinski definition) is 3. The Morgan fingerprint density at radius 2 is 2.20 bits per heavy atom. The first kappa shape index (κ1) is 12.8. The van der Waals surface area contributed by atoms with Crippen LogP contribution in [-0.2, 0) is 0 Å². The normalized spacial score (nSPS) is 17.7. The third-order valence-electron chi connectivity index (χ3n) is 3.73. The maximum absolute atomic E-state index is 10.9.